The Balaban J connectivity index is 2.10. The van der Waals surface area contributed by atoms with E-state index in [2.05, 4.69) is 5.32 Å². The van der Waals surface area contributed by atoms with Gasteiger partial charge in [0.2, 0.25) is 0 Å². The summed E-state index contributed by atoms with van der Waals surface area (Å²) in [5, 5.41) is 11.5. The second-order valence-electron chi connectivity index (χ2n) is 5.05. The van der Waals surface area contributed by atoms with E-state index in [0.717, 1.165) is 12.1 Å². The Bertz CT molecular complexity index is 770. The third-order valence-corrected chi connectivity index (χ3v) is 3.32. The van der Waals surface area contributed by atoms with Gasteiger partial charge in [-0.25, -0.2) is 9.18 Å². The predicted octanol–water partition coefficient (Wildman–Crippen LogP) is 2.96. The van der Waals surface area contributed by atoms with Crippen LogP contribution in [0.3, 0.4) is 0 Å². The number of rotatable bonds is 8. The fraction of sp³-hybridized carbons (Fsp3) is 0.294. The van der Waals surface area contributed by atoms with Gasteiger partial charge in [-0.2, -0.15) is 0 Å². The molecule has 0 aliphatic rings. The van der Waals surface area contributed by atoms with E-state index in [4.69, 9.17) is 19.0 Å². The quantitative estimate of drug-likeness (QED) is 0.710. The second kappa shape index (κ2) is 8.29. The van der Waals surface area contributed by atoms with Crippen LogP contribution in [-0.2, 0) is 11.2 Å². The van der Waals surface area contributed by atoms with Crippen molar-refractivity contribution >= 4 is 17.6 Å². The van der Waals surface area contributed by atoms with Gasteiger partial charge in [-0.3, -0.25) is 4.79 Å². The first kappa shape index (κ1) is 18.5. The van der Waals surface area contributed by atoms with Crippen molar-refractivity contribution < 1.29 is 33.0 Å². The number of benzene rings is 1. The second-order valence-corrected chi connectivity index (χ2v) is 5.05. The fourth-order valence-electron chi connectivity index (χ4n) is 2.11. The topological polar surface area (TPSA) is 98.0 Å². The number of aromatic carboxylic acids is 1. The van der Waals surface area contributed by atoms with E-state index in [-0.39, 0.29) is 35.1 Å². The Morgan fingerprint density at radius 2 is 2.04 bits per heavy atom. The van der Waals surface area contributed by atoms with Gasteiger partial charge < -0.3 is 24.3 Å². The lowest BCUT2D eigenvalue weighted by Gasteiger charge is -2.08. The van der Waals surface area contributed by atoms with Gasteiger partial charge in [-0.15, -0.1) is 0 Å². The Kier molecular flexibility index (Phi) is 6.13. The number of nitrogens with one attached hydrogen (secondary N) is 1. The number of aryl methyl sites for hydroxylation is 1. The van der Waals surface area contributed by atoms with Crippen molar-refractivity contribution in [2.45, 2.75) is 13.3 Å². The first-order chi connectivity index (χ1) is 12.0. The molecule has 0 radical (unpaired) electrons. The molecule has 2 rings (SSSR count). The molecule has 0 spiro atoms. The summed E-state index contributed by atoms with van der Waals surface area (Å²) in [6, 6.07) is 5.09. The molecule has 2 aromatic rings. The number of hydrogen-bond donors (Lipinski definition) is 2. The standard InChI is InChI=1S/C17H18FNO6/c1-3-13-11(17(21)22)9-15(25-13)16(20)19-10-4-5-14(12(18)8-10)24-7-6-23-2/h4-5,8-9H,3,6-7H2,1-2H3,(H,19,20)(H,21,22). The molecule has 0 bridgehead atoms. The van der Waals surface area contributed by atoms with Gasteiger partial charge in [0, 0.05) is 31.4 Å². The number of furan rings is 1. The number of carbonyl (C=O) groups excluding carboxylic acids is 1. The number of carboxylic acid groups (broad SMARTS) is 1. The van der Waals surface area contributed by atoms with Crippen molar-refractivity contribution in [2.24, 2.45) is 0 Å². The summed E-state index contributed by atoms with van der Waals surface area (Å²) >= 11 is 0. The number of ether oxygens (including phenoxy) is 2. The Morgan fingerprint density at radius 3 is 2.60 bits per heavy atom. The van der Waals surface area contributed by atoms with E-state index >= 15 is 0 Å². The average Bonchev–Trinajstić information content (AvgIpc) is 3.02. The van der Waals surface area contributed by atoms with Crippen LogP contribution in [0, 0.1) is 5.82 Å². The number of methoxy groups -OCH3 is 1. The van der Waals surface area contributed by atoms with E-state index in [0.29, 0.717) is 13.0 Å². The molecular formula is C17H18FNO6. The van der Waals surface area contributed by atoms with E-state index < -0.39 is 17.7 Å². The monoisotopic (exact) mass is 351 g/mol. The van der Waals surface area contributed by atoms with Gasteiger partial charge in [0.25, 0.3) is 5.91 Å². The normalized spacial score (nSPS) is 10.5. The zero-order valence-electron chi connectivity index (χ0n) is 13.8. The number of halogens is 1. The molecule has 134 valence electrons. The van der Waals surface area contributed by atoms with Crippen LogP contribution in [0.15, 0.2) is 28.7 Å². The first-order valence-electron chi connectivity index (χ1n) is 7.54. The molecule has 0 saturated heterocycles. The molecule has 0 aliphatic carbocycles. The van der Waals surface area contributed by atoms with Gasteiger partial charge in [-0.05, 0) is 12.1 Å². The number of hydrogen-bond acceptors (Lipinski definition) is 5. The van der Waals surface area contributed by atoms with Gasteiger partial charge in [0.15, 0.2) is 17.3 Å². The van der Waals surface area contributed by atoms with Gasteiger partial charge in [0.1, 0.15) is 17.9 Å². The summed E-state index contributed by atoms with van der Waals surface area (Å²) in [5.74, 6) is -2.41. The van der Waals surface area contributed by atoms with Crippen LogP contribution < -0.4 is 10.1 Å². The van der Waals surface area contributed by atoms with Gasteiger partial charge in [0.05, 0.1) is 6.61 Å². The summed E-state index contributed by atoms with van der Waals surface area (Å²) < 4.78 is 29.2. The van der Waals surface area contributed by atoms with Crippen molar-refractivity contribution in [3.63, 3.8) is 0 Å². The van der Waals surface area contributed by atoms with E-state index in [1.807, 2.05) is 0 Å². The highest BCUT2D eigenvalue weighted by atomic mass is 19.1. The van der Waals surface area contributed by atoms with Crippen LogP contribution in [0.25, 0.3) is 0 Å². The molecule has 0 aliphatic heterocycles. The molecular weight excluding hydrogens is 333 g/mol. The lowest BCUT2D eigenvalue weighted by molar-refractivity contribution is 0.0694. The van der Waals surface area contributed by atoms with Crippen molar-refractivity contribution in [1.29, 1.82) is 0 Å². The molecule has 25 heavy (non-hydrogen) atoms. The minimum Gasteiger partial charge on any atom is -0.488 e. The fourth-order valence-corrected chi connectivity index (χ4v) is 2.11. The molecule has 0 unspecified atom stereocenters. The number of amides is 1. The number of anilines is 1. The van der Waals surface area contributed by atoms with Crippen molar-refractivity contribution in [3.8, 4) is 5.75 Å². The first-order valence-corrected chi connectivity index (χ1v) is 7.54. The Hall–Kier alpha value is -2.87. The molecule has 1 amide bonds. The van der Waals surface area contributed by atoms with Gasteiger partial charge in [-0.1, -0.05) is 6.92 Å². The molecule has 0 atom stereocenters. The Morgan fingerprint density at radius 1 is 1.28 bits per heavy atom. The largest absolute Gasteiger partial charge is 0.488 e. The van der Waals surface area contributed by atoms with Crippen molar-refractivity contribution in [1.82, 2.24) is 0 Å². The molecule has 8 heteroatoms. The third-order valence-electron chi connectivity index (χ3n) is 3.32. The highest BCUT2D eigenvalue weighted by Gasteiger charge is 2.20. The van der Waals surface area contributed by atoms with Crippen LogP contribution in [0.1, 0.15) is 33.6 Å². The maximum Gasteiger partial charge on any atom is 0.339 e. The smallest absolute Gasteiger partial charge is 0.339 e. The molecule has 0 fully saturated rings. The van der Waals surface area contributed by atoms with Crippen LogP contribution in [0.4, 0.5) is 10.1 Å². The predicted molar refractivity (Wildman–Crippen MR) is 86.8 cm³/mol. The highest BCUT2D eigenvalue weighted by molar-refractivity contribution is 6.04. The molecule has 2 N–H and O–H groups in total. The Labute approximate surface area is 143 Å². The molecule has 1 aromatic heterocycles. The van der Waals surface area contributed by atoms with Crippen LogP contribution in [-0.4, -0.2) is 37.3 Å². The minimum absolute atomic E-state index is 0.0366. The third kappa shape index (κ3) is 4.57. The van der Waals surface area contributed by atoms with E-state index in [1.165, 1.54) is 19.2 Å². The van der Waals surface area contributed by atoms with E-state index in [9.17, 15) is 14.0 Å². The van der Waals surface area contributed by atoms with Crippen LogP contribution in [0.5, 0.6) is 5.75 Å². The van der Waals surface area contributed by atoms with Crippen LogP contribution >= 0.6 is 0 Å². The maximum atomic E-state index is 13.9. The highest BCUT2D eigenvalue weighted by Crippen LogP contribution is 2.23. The average molecular weight is 351 g/mol. The minimum atomic E-state index is -1.18. The molecule has 0 saturated carbocycles. The number of carboxylic acids is 1. The van der Waals surface area contributed by atoms with Gasteiger partial charge >= 0.3 is 5.97 Å². The maximum absolute atomic E-state index is 13.9. The SMILES string of the molecule is CCc1oc(C(=O)Nc2ccc(OCCOC)c(F)c2)cc1C(=O)O. The summed E-state index contributed by atoms with van der Waals surface area (Å²) in [7, 11) is 1.51. The lowest BCUT2D eigenvalue weighted by atomic mass is 10.2. The number of carbonyl (C=O) groups is 2. The molecule has 1 aromatic carbocycles. The molecule has 1 heterocycles. The van der Waals surface area contributed by atoms with Crippen molar-refractivity contribution in [3.05, 3.63) is 47.2 Å². The lowest BCUT2D eigenvalue weighted by Crippen LogP contribution is -2.11. The zero-order chi connectivity index (χ0) is 18.4. The van der Waals surface area contributed by atoms with Crippen molar-refractivity contribution in [2.75, 3.05) is 25.6 Å². The van der Waals surface area contributed by atoms with E-state index in [1.54, 1.807) is 6.92 Å². The summed E-state index contributed by atoms with van der Waals surface area (Å²) in [6.07, 6.45) is 0.330. The summed E-state index contributed by atoms with van der Waals surface area (Å²) in [6.45, 7) is 2.23. The summed E-state index contributed by atoms with van der Waals surface area (Å²) in [4.78, 5) is 23.3. The zero-order valence-corrected chi connectivity index (χ0v) is 13.8. The summed E-state index contributed by atoms with van der Waals surface area (Å²) in [5.41, 5.74) is 0.119. The molecule has 7 nitrogen and oxygen atoms in total. The van der Waals surface area contributed by atoms with Crippen LogP contribution in [0.2, 0.25) is 0 Å².